The Balaban J connectivity index is 2.52. The van der Waals surface area contributed by atoms with Gasteiger partial charge in [-0.05, 0) is 38.6 Å². The van der Waals surface area contributed by atoms with Crippen LogP contribution in [0, 0.1) is 5.92 Å². The number of rotatable bonds is 4. The van der Waals surface area contributed by atoms with Crippen LogP contribution in [0.1, 0.15) is 39.5 Å². The first-order valence-electron chi connectivity index (χ1n) is 6.09. The largest absolute Gasteiger partial charge is 0.339 e. The number of hydrogen-bond acceptors (Lipinski definition) is 2. The summed E-state index contributed by atoms with van der Waals surface area (Å²) in [5.74, 6) is 0.945. The molecule has 1 amide bonds. The molecule has 1 unspecified atom stereocenters. The van der Waals surface area contributed by atoms with Gasteiger partial charge in [-0.2, -0.15) is 0 Å². The third-order valence-corrected chi connectivity index (χ3v) is 3.02. The van der Waals surface area contributed by atoms with Crippen molar-refractivity contribution in [2.24, 2.45) is 5.92 Å². The van der Waals surface area contributed by atoms with Gasteiger partial charge in [0.1, 0.15) is 0 Å². The van der Waals surface area contributed by atoms with Crippen molar-refractivity contribution in [3.63, 3.8) is 0 Å². The highest BCUT2D eigenvalue weighted by Crippen LogP contribution is 2.22. The minimum absolute atomic E-state index is 0.267. The fraction of sp³-hybridized carbons (Fsp3) is 0.917. The lowest BCUT2D eigenvalue weighted by atomic mass is 9.94. The van der Waals surface area contributed by atoms with Crippen molar-refractivity contribution >= 4 is 5.91 Å². The summed E-state index contributed by atoms with van der Waals surface area (Å²) in [6, 6.07) is 0.486. The van der Waals surface area contributed by atoms with Gasteiger partial charge < -0.3 is 10.2 Å². The van der Waals surface area contributed by atoms with E-state index in [0.717, 1.165) is 13.0 Å². The molecule has 0 aliphatic carbocycles. The van der Waals surface area contributed by atoms with E-state index in [-0.39, 0.29) is 5.91 Å². The predicted octanol–water partition coefficient (Wildman–Crippen LogP) is 1.63. The number of likely N-dealkylation sites (N-methyl/N-ethyl adjacent to an activating group) is 1. The monoisotopic (exact) mass is 212 g/mol. The second kappa shape index (κ2) is 6.11. The molecule has 0 aromatic rings. The Bertz CT molecular complexity index is 204. The second-order valence-electron chi connectivity index (χ2n) is 4.90. The van der Waals surface area contributed by atoms with E-state index in [4.69, 9.17) is 0 Å². The standard InChI is InChI=1S/C12H24N2O/c1-10(2)8-11-6-4-5-7-14(11)12(15)9-13-3/h10-11,13H,4-9H2,1-3H3. The van der Waals surface area contributed by atoms with Crippen LogP contribution in [0.25, 0.3) is 0 Å². The van der Waals surface area contributed by atoms with E-state index >= 15 is 0 Å². The lowest BCUT2D eigenvalue weighted by Crippen LogP contribution is -2.47. The first-order valence-corrected chi connectivity index (χ1v) is 6.09. The number of amides is 1. The molecule has 88 valence electrons. The van der Waals surface area contributed by atoms with Gasteiger partial charge in [-0.15, -0.1) is 0 Å². The van der Waals surface area contributed by atoms with Gasteiger partial charge in [-0.25, -0.2) is 0 Å². The highest BCUT2D eigenvalue weighted by Gasteiger charge is 2.26. The zero-order valence-electron chi connectivity index (χ0n) is 10.3. The van der Waals surface area contributed by atoms with E-state index in [2.05, 4.69) is 24.1 Å². The van der Waals surface area contributed by atoms with Gasteiger partial charge in [0.05, 0.1) is 6.54 Å². The topological polar surface area (TPSA) is 32.3 Å². The predicted molar refractivity (Wildman–Crippen MR) is 62.7 cm³/mol. The highest BCUT2D eigenvalue weighted by atomic mass is 16.2. The lowest BCUT2D eigenvalue weighted by molar-refractivity contribution is -0.134. The van der Waals surface area contributed by atoms with Crippen LogP contribution in [0.2, 0.25) is 0 Å². The molecule has 1 aliphatic heterocycles. The highest BCUT2D eigenvalue weighted by molar-refractivity contribution is 5.78. The number of likely N-dealkylation sites (tertiary alicyclic amines) is 1. The van der Waals surface area contributed by atoms with Gasteiger partial charge in [0, 0.05) is 12.6 Å². The Morgan fingerprint density at radius 1 is 1.47 bits per heavy atom. The molecule has 15 heavy (non-hydrogen) atoms. The number of carbonyl (C=O) groups is 1. The van der Waals surface area contributed by atoms with Gasteiger partial charge in [-0.3, -0.25) is 4.79 Å². The van der Waals surface area contributed by atoms with E-state index in [0.29, 0.717) is 18.5 Å². The fourth-order valence-corrected chi connectivity index (χ4v) is 2.37. The van der Waals surface area contributed by atoms with Crippen molar-refractivity contribution in [2.45, 2.75) is 45.6 Å². The van der Waals surface area contributed by atoms with Crippen LogP contribution in [0.3, 0.4) is 0 Å². The van der Waals surface area contributed by atoms with E-state index in [1.165, 1.54) is 19.3 Å². The van der Waals surface area contributed by atoms with Crippen molar-refractivity contribution in [1.82, 2.24) is 10.2 Å². The molecular weight excluding hydrogens is 188 g/mol. The summed E-state index contributed by atoms with van der Waals surface area (Å²) in [6.07, 6.45) is 4.79. The molecule has 3 nitrogen and oxygen atoms in total. The summed E-state index contributed by atoms with van der Waals surface area (Å²) < 4.78 is 0. The van der Waals surface area contributed by atoms with Gasteiger partial charge >= 0.3 is 0 Å². The van der Waals surface area contributed by atoms with Gasteiger partial charge in [0.25, 0.3) is 0 Å². The average Bonchev–Trinajstić information content (AvgIpc) is 2.18. The molecule has 1 N–H and O–H groups in total. The Kier molecular flexibility index (Phi) is 5.09. The summed E-state index contributed by atoms with van der Waals surface area (Å²) in [5, 5.41) is 2.95. The van der Waals surface area contributed by atoms with Crippen LogP contribution in [-0.2, 0) is 4.79 Å². The van der Waals surface area contributed by atoms with Crippen LogP contribution < -0.4 is 5.32 Å². The summed E-state index contributed by atoms with van der Waals surface area (Å²) in [4.78, 5) is 13.9. The number of piperidine rings is 1. The van der Waals surface area contributed by atoms with Crippen molar-refractivity contribution < 1.29 is 4.79 Å². The number of nitrogens with zero attached hydrogens (tertiary/aromatic N) is 1. The number of carbonyl (C=O) groups excluding carboxylic acids is 1. The maximum absolute atomic E-state index is 11.9. The lowest BCUT2D eigenvalue weighted by Gasteiger charge is -2.36. The molecule has 1 atom stereocenters. The molecule has 1 rings (SSSR count). The van der Waals surface area contributed by atoms with E-state index in [9.17, 15) is 4.79 Å². The van der Waals surface area contributed by atoms with Crippen molar-refractivity contribution in [2.75, 3.05) is 20.1 Å². The molecule has 1 aliphatic rings. The number of hydrogen-bond donors (Lipinski definition) is 1. The summed E-state index contributed by atoms with van der Waals surface area (Å²) in [6.45, 7) is 5.90. The van der Waals surface area contributed by atoms with Crippen molar-refractivity contribution in [3.05, 3.63) is 0 Å². The van der Waals surface area contributed by atoms with Crippen molar-refractivity contribution in [1.29, 1.82) is 0 Å². The minimum atomic E-state index is 0.267. The van der Waals surface area contributed by atoms with Crippen LogP contribution in [0.5, 0.6) is 0 Å². The third kappa shape index (κ3) is 3.82. The zero-order chi connectivity index (χ0) is 11.3. The summed E-state index contributed by atoms with van der Waals surface area (Å²) in [7, 11) is 1.83. The van der Waals surface area contributed by atoms with Crippen molar-refractivity contribution in [3.8, 4) is 0 Å². The van der Waals surface area contributed by atoms with Crippen LogP contribution in [0.4, 0.5) is 0 Å². The van der Waals surface area contributed by atoms with Crippen LogP contribution in [0.15, 0.2) is 0 Å². The molecule has 1 heterocycles. The Morgan fingerprint density at radius 2 is 2.20 bits per heavy atom. The maximum atomic E-state index is 11.9. The van der Waals surface area contributed by atoms with E-state index < -0.39 is 0 Å². The quantitative estimate of drug-likeness (QED) is 0.768. The molecular formula is C12H24N2O. The Hall–Kier alpha value is -0.570. The normalized spacial score (nSPS) is 22.1. The van der Waals surface area contributed by atoms with Crippen LogP contribution >= 0.6 is 0 Å². The molecule has 1 saturated heterocycles. The fourth-order valence-electron chi connectivity index (χ4n) is 2.37. The molecule has 0 saturated carbocycles. The van der Waals surface area contributed by atoms with Gasteiger partial charge in [0.2, 0.25) is 5.91 Å². The average molecular weight is 212 g/mol. The first kappa shape index (κ1) is 12.5. The molecule has 0 spiro atoms. The molecule has 0 aromatic carbocycles. The smallest absolute Gasteiger partial charge is 0.236 e. The summed E-state index contributed by atoms with van der Waals surface area (Å²) >= 11 is 0. The molecule has 0 aromatic heterocycles. The van der Waals surface area contributed by atoms with E-state index in [1.807, 2.05) is 7.05 Å². The van der Waals surface area contributed by atoms with Gasteiger partial charge in [0.15, 0.2) is 0 Å². The maximum Gasteiger partial charge on any atom is 0.236 e. The number of nitrogens with one attached hydrogen (secondary N) is 1. The zero-order valence-corrected chi connectivity index (χ0v) is 10.3. The van der Waals surface area contributed by atoms with E-state index in [1.54, 1.807) is 0 Å². The Morgan fingerprint density at radius 3 is 2.80 bits per heavy atom. The second-order valence-corrected chi connectivity index (χ2v) is 4.90. The molecule has 0 bridgehead atoms. The SMILES string of the molecule is CNCC(=O)N1CCCCC1CC(C)C. The molecule has 3 heteroatoms. The minimum Gasteiger partial charge on any atom is -0.339 e. The molecule has 0 radical (unpaired) electrons. The Labute approximate surface area is 93.2 Å². The third-order valence-electron chi connectivity index (χ3n) is 3.02. The first-order chi connectivity index (χ1) is 7.15. The summed E-state index contributed by atoms with van der Waals surface area (Å²) in [5.41, 5.74) is 0. The van der Waals surface area contributed by atoms with Crippen LogP contribution in [-0.4, -0.2) is 37.0 Å². The molecule has 1 fully saturated rings. The van der Waals surface area contributed by atoms with Gasteiger partial charge in [-0.1, -0.05) is 13.8 Å².